The average molecular weight is 536 g/mol. The van der Waals surface area contributed by atoms with Gasteiger partial charge >= 0.3 is 0 Å². The molecule has 0 atom stereocenters. The number of nitrogens with zero attached hydrogens (tertiary/aromatic N) is 3. The predicted octanol–water partition coefficient (Wildman–Crippen LogP) is 10.2. The van der Waals surface area contributed by atoms with Crippen molar-refractivity contribution in [2.75, 3.05) is 0 Å². The highest BCUT2D eigenvalue weighted by molar-refractivity contribution is 6.09. The second-order valence-electron chi connectivity index (χ2n) is 11.6. The Balaban J connectivity index is 1.59. The molecular weight excluding hydrogens is 502 g/mol. The van der Waals surface area contributed by atoms with Gasteiger partial charge in [-0.1, -0.05) is 82.3 Å². The normalized spacial score (nSPS) is 12.0. The second-order valence-corrected chi connectivity index (χ2v) is 11.6. The van der Waals surface area contributed by atoms with Crippen LogP contribution in [0.25, 0.3) is 61.3 Å². The molecule has 3 aromatic heterocycles. The highest BCUT2D eigenvalue weighted by Gasteiger charge is 2.25. The topological polar surface area (TPSA) is 43.9 Å². The molecule has 7 aromatic rings. The van der Waals surface area contributed by atoms with Gasteiger partial charge in [0.05, 0.1) is 16.8 Å². The van der Waals surface area contributed by atoms with E-state index in [2.05, 4.69) is 124 Å². The van der Waals surface area contributed by atoms with Crippen LogP contribution in [0.1, 0.15) is 56.2 Å². The molecule has 0 amide bonds. The minimum Gasteiger partial charge on any atom is -0.455 e. The van der Waals surface area contributed by atoms with E-state index in [-0.39, 0.29) is 11.8 Å². The molecule has 4 aromatic carbocycles. The van der Waals surface area contributed by atoms with Crippen LogP contribution < -0.4 is 0 Å². The molecule has 0 fully saturated rings. The fraction of sp³-hybridized carbons (Fsp3) is 0.189. The van der Waals surface area contributed by atoms with Gasteiger partial charge in [-0.05, 0) is 83.0 Å². The number of furan rings is 1. The molecular formula is C37H33N3O. The molecule has 0 saturated carbocycles. The Morgan fingerprint density at radius 3 is 2.20 bits per heavy atom. The molecule has 0 saturated heterocycles. The molecule has 41 heavy (non-hydrogen) atoms. The van der Waals surface area contributed by atoms with Gasteiger partial charge in [-0.25, -0.2) is 9.97 Å². The highest BCUT2D eigenvalue weighted by atomic mass is 16.3. The number of aryl methyl sites for hydroxylation is 1. The Kier molecular flexibility index (Phi) is 6.01. The first-order valence-electron chi connectivity index (χ1n) is 14.4. The molecule has 3 heterocycles. The van der Waals surface area contributed by atoms with Crippen molar-refractivity contribution in [1.82, 2.24) is 14.5 Å². The number of hydrogen-bond donors (Lipinski definition) is 0. The molecule has 4 heteroatoms. The van der Waals surface area contributed by atoms with Gasteiger partial charge in [-0.15, -0.1) is 0 Å². The molecule has 4 nitrogen and oxygen atoms in total. The third kappa shape index (κ3) is 4.13. The zero-order valence-electron chi connectivity index (χ0n) is 24.1. The standard InChI is InChI=1S/C37H33N3O/c1-22(2)30-20-26(25-11-7-6-8-12-25)21-31(23(3)4)34(30)40-32-15-10-18-38-36(32)39-37(40)29-14-9-13-28-27-17-16-24(5)19-33(27)41-35(28)29/h6-23H,1-5H3. The number of pyridine rings is 1. The highest BCUT2D eigenvalue weighted by Crippen LogP contribution is 2.42. The van der Waals surface area contributed by atoms with Crippen LogP contribution >= 0.6 is 0 Å². The van der Waals surface area contributed by atoms with Crippen molar-refractivity contribution in [1.29, 1.82) is 0 Å². The Hall–Kier alpha value is -4.70. The lowest BCUT2D eigenvalue weighted by atomic mass is 9.88. The lowest BCUT2D eigenvalue weighted by Crippen LogP contribution is -2.09. The van der Waals surface area contributed by atoms with E-state index in [1.54, 1.807) is 0 Å². The Morgan fingerprint density at radius 2 is 1.46 bits per heavy atom. The molecule has 7 rings (SSSR count). The quantitative estimate of drug-likeness (QED) is 0.220. The van der Waals surface area contributed by atoms with Crippen LogP contribution in [0.5, 0.6) is 0 Å². The minimum absolute atomic E-state index is 0.290. The summed E-state index contributed by atoms with van der Waals surface area (Å²) in [6.45, 7) is 11.2. The van der Waals surface area contributed by atoms with Crippen molar-refractivity contribution in [3.05, 3.63) is 114 Å². The van der Waals surface area contributed by atoms with Crippen LogP contribution in [0.3, 0.4) is 0 Å². The van der Waals surface area contributed by atoms with E-state index >= 15 is 0 Å². The van der Waals surface area contributed by atoms with Gasteiger partial charge < -0.3 is 4.42 Å². The van der Waals surface area contributed by atoms with E-state index < -0.39 is 0 Å². The maximum Gasteiger partial charge on any atom is 0.178 e. The van der Waals surface area contributed by atoms with Crippen LogP contribution in [0.4, 0.5) is 0 Å². The third-order valence-corrected chi connectivity index (χ3v) is 8.07. The fourth-order valence-corrected chi connectivity index (χ4v) is 6.02. The lowest BCUT2D eigenvalue weighted by Gasteiger charge is -2.24. The summed E-state index contributed by atoms with van der Waals surface area (Å²) in [4.78, 5) is 9.87. The van der Waals surface area contributed by atoms with Crippen molar-refractivity contribution in [2.45, 2.75) is 46.5 Å². The summed E-state index contributed by atoms with van der Waals surface area (Å²) in [6, 6.07) is 32.3. The maximum atomic E-state index is 6.56. The summed E-state index contributed by atoms with van der Waals surface area (Å²) in [7, 11) is 0. The maximum absolute atomic E-state index is 6.56. The van der Waals surface area contributed by atoms with Crippen molar-refractivity contribution in [3.63, 3.8) is 0 Å². The van der Waals surface area contributed by atoms with Crippen LogP contribution in [0, 0.1) is 6.92 Å². The first kappa shape index (κ1) is 25.3. The van der Waals surface area contributed by atoms with Crippen LogP contribution in [-0.2, 0) is 0 Å². The molecule has 202 valence electrons. The number of fused-ring (bicyclic) bond motifs is 4. The van der Waals surface area contributed by atoms with Gasteiger partial charge in [0.2, 0.25) is 0 Å². The molecule has 0 radical (unpaired) electrons. The number of imidazole rings is 1. The predicted molar refractivity (Wildman–Crippen MR) is 170 cm³/mol. The molecule has 0 N–H and O–H groups in total. The summed E-state index contributed by atoms with van der Waals surface area (Å²) in [6.07, 6.45) is 1.82. The first-order valence-corrected chi connectivity index (χ1v) is 14.4. The second kappa shape index (κ2) is 9.74. The molecule has 0 spiro atoms. The van der Waals surface area contributed by atoms with Gasteiger partial charge in [-0.3, -0.25) is 4.57 Å². The van der Waals surface area contributed by atoms with Gasteiger partial charge in [0.15, 0.2) is 11.5 Å². The third-order valence-electron chi connectivity index (χ3n) is 8.07. The van der Waals surface area contributed by atoms with Crippen molar-refractivity contribution in [2.24, 2.45) is 0 Å². The Labute approximate surface area is 240 Å². The largest absolute Gasteiger partial charge is 0.455 e. The monoisotopic (exact) mass is 535 g/mol. The minimum atomic E-state index is 0.290. The first-order chi connectivity index (χ1) is 19.9. The zero-order chi connectivity index (χ0) is 28.2. The smallest absolute Gasteiger partial charge is 0.178 e. The van der Waals surface area contributed by atoms with E-state index in [1.807, 2.05) is 12.3 Å². The van der Waals surface area contributed by atoms with E-state index in [9.17, 15) is 0 Å². The molecule has 0 aliphatic heterocycles. The van der Waals surface area contributed by atoms with Crippen molar-refractivity contribution < 1.29 is 4.42 Å². The van der Waals surface area contributed by atoms with Crippen LogP contribution in [-0.4, -0.2) is 14.5 Å². The van der Waals surface area contributed by atoms with Gasteiger partial charge in [0, 0.05) is 17.0 Å². The van der Waals surface area contributed by atoms with Gasteiger partial charge in [0.1, 0.15) is 11.2 Å². The summed E-state index contributed by atoms with van der Waals surface area (Å²) in [5, 5.41) is 2.21. The average Bonchev–Trinajstić information content (AvgIpc) is 3.54. The molecule has 0 bridgehead atoms. The van der Waals surface area contributed by atoms with Crippen molar-refractivity contribution >= 4 is 33.1 Å². The van der Waals surface area contributed by atoms with Crippen molar-refractivity contribution in [3.8, 4) is 28.2 Å². The summed E-state index contributed by atoms with van der Waals surface area (Å²) in [5.74, 6) is 1.42. The number of hydrogen-bond acceptors (Lipinski definition) is 3. The van der Waals surface area contributed by atoms with Crippen LogP contribution in [0.15, 0.2) is 102 Å². The number of para-hydroxylation sites is 1. The number of aromatic nitrogens is 3. The van der Waals surface area contributed by atoms with Crippen LogP contribution in [0.2, 0.25) is 0 Å². The van der Waals surface area contributed by atoms with E-state index in [4.69, 9.17) is 14.4 Å². The Morgan fingerprint density at radius 1 is 0.707 bits per heavy atom. The Bertz CT molecular complexity index is 2030. The molecule has 0 aliphatic rings. The molecule has 0 aliphatic carbocycles. The number of rotatable bonds is 5. The SMILES string of the molecule is Cc1ccc2c(c1)oc1c(-c3nc4ncccc4n3-c3c(C(C)C)cc(-c4ccccc4)cc3C(C)C)cccc12. The van der Waals surface area contributed by atoms with E-state index in [0.717, 1.165) is 44.5 Å². The summed E-state index contributed by atoms with van der Waals surface area (Å²) >= 11 is 0. The summed E-state index contributed by atoms with van der Waals surface area (Å²) < 4.78 is 8.89. The molecule has 0 unspecified atom stereocenters. The summed E-state index contributed by atoms with van der Waals surface area (Å²) in [5.41, 5.74) is 11.8. The fourth-order valence-electron chi connectivity index (χ4n) is 6.02. The van der Waals surface area contributed by atoms with Gasteiger partial charge in [0.25, 0.3) is 0 Å². The number of benzene rings is 4. The lowest BCUT2D eigenvalue weighted by molar-refractivity contribution is 0.669. The van der Waals surface area contributed by atoms with E-state index in [0.29, 0.717) is 0 Å². The van der Waals surface area contributed by atoms with Gasteiger partial charge in [-0.2, -0.15) is 0 Å². The zero-order valence-corrected chi connectivity index (χ0v) is 24.1. The van der Waals surface area contributed by atoms with E-state index in [1.165, 1.54) is 33.5 Å².